The molecule has 1 fully saturated rings. The van der Waals surface area contributed by atoms with Crippen molar-refractivity contribution in [1.29, 1.82) is 0 Å². The molecule has 0 N–H and O–H groups in total. The van der Waals surface area contributed by atoms with E-state index in [4.69, 9.17) is 0 Å². The number of halogens is 3. The molecule has 0 saturated carbocycles. The van der Waals surface area contributed by atoms with Gasteiger partial charge in [-0.15, -0.1) is 0 Å². The van der Waals surface area contributed by atoms with Crippen molar-refractivity contribution in [3.05, 3.63) is 0 Å². The van der Waals surface area contributed by atoms with Crippen LogP contribution < -0.4 is 0 Å². The van der Waals surface area contributed by atoms with Gasteiger partial charge in [-0.25, -0.2) is 0 Å². The molecule has 2 nitrogen and oxygen atoms in total. The maximum absolute atomic E-state index is 12.2. The summed E-state index contributed by atoms with van der Waals surface area (Å²) in [4.78, 5) is 10.8. The molecule has 1 unspecified atom stereocenters. The summed E-state index contributed by atoms with van der Waals surface area (Å²) in [6.07, 6.45) is -1.79. The zero-order chi connectivity index (χ0) is 9.19. The Morgan fingerprint density at radius 1 is 1.33 bits per heavy atom. The Bertz CT molecular complexity index is 169. The lowest BCUT2D eigenvalue weighted by Gasteiger charge is -2.32. The number of hydrogen-bond acceptors (Lipinski definition) is 1. The number of nitrogens with zero attached hydrogens (tertiary/aromatic N) is 1. The Hall–Kier alpha value is -0.740. The third kappa shape index (κ3) is 1.89. The molecule has 1 saturated heterocycles. The average molecular weight is 180 g/mol. The fourth-order valence-corrected chi connectivity index (χ4v) is 1.38. The first kappa shape index (κ1) is 9.35. The van der Waals surface area contributed by atoms with Gasteiger partial charge in [0.2, 0.25) is 0 Å². The number of carbonyl (C=O) groups excluding carboxylic acids is 1. The first-order valence-electron chi connectivity index (χ1n) is 3.77. The van der Waals surface area contributed by atoms with Crippen LogP contribution in [0.3, 0.4) is 0 Å². The molecule has 1 aliphatic heterocycles. The number of piperidine rings is 1. The lowest BCUT2D eigenvalue weighted by molar-refractivity contribution is -0.179. The van der Waals surface area contributed by atoms with Crippen LogP contribution >= 0.6 is 0 Å². The second-order valence-electron chi connectivity index (χ2n) is 2.84. The minimum Gasteiger partial charge on any atom is -0.322 e. The normalized spacial score (nSPS) is 25.6. The van der Waals surface area contributed by atoms with Gasteiger partial charge in [-0.3, -0.25) is 4.79 Å². The van der Waals surface area contributed by atoms with Crippen molar-refractivity contribution < 1.29 is 18.0 Å². The van der Waals surface area contributed by atoms with Crippen LogP contribution in [-0.4, -0.2) is 30.1 Å². The number of amides is 1. The third-order valence-electron chi connectivity index (χ3n) is 2.00. The van der Waals surface area contributed by atoms with E-state index < -0.39 is 12.2 Å². The first-order chi connectivity index (χ1) is 5.55. The van der Waals surface area contributed by atoms with Gasteiger partial charge >= 0.3 is 12.6 Å². The summed E-state index contributed by atoms with van der Waals surface area (Å²) in [5.41, 5.74) is 0. The number of rotatable bonds is 1. The van der Waals surface area contributed by atoms with Crippen molar-refractivity contribution in [3.63, 3.8) is 0 Å². The van der Waals surface area contributed by atoms with Gasteiger partial charge in [0.1, 0.15) is 6.04 Å². The summed E-state index contributed by atoms with van der Waals surface area (Å²) >= 11 is 0. The third-order valence-corrected chi connectivity index (χ3v) is 2.00. The molecule has 5 heteroatoms. The van der Waals surface area contributed by atoms with Gasteiger partial charge in [0.15, 0.2) is 0 Å². The molecule has 1 amide bonds. The summed E-state index contributed by atoms with van der Waals surface area (Å²) in [5, 5.41) is 0. The van der Waals surface area contributed by atoms with Crippen LogP contribution in [-0.2, 0) is 4.79 Å². The van der Waals surface area contributed by atoms with Crippen molar-refractivity contribution in [3.8, 4) is 0 Å². The van der Waals surface area contributed by atoms with E-state index in [1.807, 2.05) is 0 Å². The van der Waals surface area contributed by atoms with E-state index in [2.05, 4.69) is 0 Å². The van der Waals surface area contributed by atoms with Gasteiger partial charge < -0.3 is 4.90 Å². The van der Waals surface area contributed by atoms with Crippen LogP contribution in [0, 0.1) is 0 Å². The Morgan fingerprint density at radius 3 is 2.42 bits per heavy atom. The van der Waals surface area contributed by atoms with Crippen molar-refractivity contribution >= 4 is 6.41 Å². The Kier molecular flexibility index (Phi) is 2.59. The first-order valence-corrected chi connectivity index (χ1v) is 3.77. The summed E-state index contributed by atoms with van der Waals surface area (Å²) in [6.45, 7) is 0.174. The van der Waals surface area contributed by atoms with Crippen molar-refractivity contribution in [2.45, 2.75) is 31.5 Å². The van der Waals surface area contributed by atoms with E-state index >= 15 is 0 Å². The van der Waals surface area contributed by atoms with Crippen LogP contribution in [0.15, 0.2) is 0 Å². The highest BCUT2D eigenvalue weighted by Crippen LogP contribution is 2.30. The highest BCUT2D eigenvalue weighted by atomic mass is 19.4. The van der Waals surface area contributed by atoms with Crippen LogP contribution in [0.1, 0.15) is 19.3 Å². The molecule has 1 aliphatic rings. The van der Waals surface area contributed by atoms with Gasteiger partial charge in [-0.05, 0) is 19.3 Å². The van der Waals surface area contributed by atoms with Crippen LogP contribution in [0.2, 0.25) is 0 Å². The predicted octanol–water partition coefficient (Wildman–Crippen LogP) is 1.47. The van der Waals surface area contributed by atoms with Crippen molar-refractivity contribution in [2.24, 2.45) is 0 Å². The molecule has 1 rings (SSSR count). The second-order valence-corrected chi connectivity index (χ2v) is 2.84. The van der Waals surface area contributed by atoms with E-state index in [0.717, 1.165) is 0 Å². The molecule has 1 heterocycles. The number of hydrogen-bond donors (Lipinski definition) is 0. The Labute approximate surface area is 68.3 Å². The molecular weight excluding hydrogens is 171 g/mol. The lowest BCUT2D eigenvalue weighted by Crippen LogP contribution is -2.47. The molecule has 0 aromatic rings. The minimum atomic E-state index is -4.29. The molecule has 69 valence electrons. The zero-order valence-corrected chi connectivity index (χ0v) is 6.40. The molecule has 0 aromatic carbocycles. The average Bonchev–Trinajstić information content (AvgIpc) is 2.03. The molecular formula is C7H9F3NO. The fraction of sp³-hybridized carbons (Fsp3) is 0.857. The summed E-state index contributed by atoms with van der Waals surface area (Å²) in [5.74, 6) is 0. The minimum absolute atomic E-state index is 0.0126. The standard InChI is InChI=1S/C7H9F3NO/c8-7(9,10)6-3-1-2-4-11(6)5-12/h6H,1-4H2. The zero-order valence-electron chi connectivity index (χ0n) is 6.40. The van der Waals surface area contributed by atoms with E-state index in [0.29, 0.717) is 17.7 Å². The quantitative estimate of drug-likeness (QED) is 0.598. The summed E-state index contributed by atoms with van der Waals surface area (Å²) in [6, 6.07) is -1.61. The van der Waals surface area contributed by atoms with E-state index in [-0.39, 0.29) is 13.0 Å². The molecule has 1 radical (unpaired) electrons. The smallest absolute Gasteiger partial charge is 0.322 e. The van der Waals surface area contributed by atoms with E-state index in [1.165, 1.54) is 6.41 Å². The summed E-state index contributed by atoms with van der Waals surface area (Å²) in [7, 11) is 0. The van der Waals surface area contributed by atoms with Gasteiger partial charge in [0, 0.05) is 6.54 Å². The number of likely N-dealkylation sites (tertiary alicyclic amines) is 1. The molecule has 0 spiro atoms. The highest BCUT2D eigenvalue weighted by molar-refractivity contribution is 5.49. The van der Waals surface area contributed by atoms with E-state index in [1.54, 1.807) is 0 Å². The SMILES string of the molecule is O=[C]N1CCCCC1C(F)(F)F. The van der Waals surface area contributed by atoms with Gasteiger partial charge in [0.05, 0.1) is 0 Å². The molecule has 12 heavy (non-hydrogen) atoms. The van der Waals surface area contributed by atoms with Crippen LogP contribution in [0.4, 0.5) is 13.2 Å². The van der Waals surface area contributed by atoms with Crippen molar-refractivity contribution in [1.82, 2.24) is 4.90 Å². The molecule has 1 atom stereocenters. The lowest BCUT2D eigenvalue weighted by atomic mass is 10.0. The Morgan fingerprint density at radius 2 is 2.00 bits per heavy atom. The van der Waals surface area contributed by atoms with E-state index in [9.17, 15) is 18.0 Å². The van der Waals surface area contributed by atoms with Crippen LogP contribution in [0.25, 0.3) is 0 Å². The van der Waals surface area contributed by atoms with Gasteiger partial charge in [-0.1, -0.05) is 0 Å². The largest absolute Gasteiger partial charge is 0.408 e. The van der Waals surface area contributed by atoms with Crippen LogP contribution in [0.5, 0.6) is 0 Å². The molecule has 0 aromatic heterocycles. The number of alkyl halides is 3. The monoisotopic (exact) mass is 180 g/mol. The summed E-state index contributed by atoms with van der Waals surface area (Å²) < 4.78 is 36.5. The Balaban J connectivity index is 2.65. The van der Waals surface area contributed by atoms with Gasteiger partial charge in [0.25, 0.3) is 0 Å². The van der Waals surface area contributed by atoms with Crippen molar-refractivity contribution in [2.75, 3.05) is 6.54 Å². The maximum atomic E-state index is 12.2. The fourth-order valence-electron chi connectivity index (χ4n) is 1.38. The van der Waals surface area contributed by atoms with Gasteiger partial charge in [-0.2, -0.15) is 13.2 Å². The maximum Gasteiger partial charge on any atom is 0.408 e. The second kappa shape index (κ2) is 3.33. The predicted molar refractivity (Wildman–Crippen MR) is 36.1 cm³/mol. The molecule has 0 aliphatic carbocycles. The highest BCUT2D eigenvalue weighted by Gasteiger charge is 2.44. The topological polar surface area (TPSA) is 20.3 Å². The molecule has 0 bridgehead atoms.